The smallest absolute Gasteiger partial charge is 0.355 e. The number of nitrogens with two attached hydrogens (primary N) is 1. The van der Waals surface area contributed by atoms with E-state index in [0.717, 1.165) is 5.56 Å². The Balaban J connectivity index is 1.87. The Hall–Kier alpha value is -4.08. The molecule has 180 valence electrons. The molecule has 2 aromatic rings. The minimum Gasteiger partial charge on any atom is -0.478 e. The molecule has 0 aliphatic carbocycles. The Morgan fingerprint density at radius 3 is 2.47 bits per heavy atom. The van der Waals surface area contributed by atoms with E-state index in [1.54, 1.807) is 39.8 Å². The zero-order valence-electron chi connectivity index (χ0n) is 19.4. The third kappa shape index (κ3) is 4.80. The van der Waals surface area contributed by atoms with Gasteiger partial charge in [0.05, 0.1) is 0 Å². The van der Waals surface area contributed by atoms with Gasteiger partial charge in [-0.3, -0.25) is 5.41 Å². The predicted octanol–water partition coefficient (Wildman–Crippen LogP) is 2.39. The molecule has 2 aromatic carbocycles. The molecule has 0 fully saturated rings. The fraction of sp³-hybridized carbons (Fsp3) is 0.333. The maximum absolute atomic E-state index is 13.1. The first-order chi connectivity index (χ1) is 15.9. The van der Waals surface area contributed by atoms with Crippen molar-refractivity contribution in [2.75, 3.05) is 6.54 Å². The number of nitrogens with one attached hydrogen (secondary N) is 2. The van der Waals surface area contributed by atoms with Crippen LogP contribution in [-0.2, 0) is 16.0 Å². The normalized spacial score (nSPS) is 16.6. The van der Waals surface area contributed by atoms with Crippen LogP contribution in [0.25, 0.3) is 0 Å². The molecule has 1 unspecified atom stereocenters. The van der Waals surface area contributed by atoms with Gasteiger partial charge in [-0.25, -0.2) is 14.4 Å². The number of aromatic carboxylic acids is 1. The summed E-state index contributed by atoms with van der Waals surface area (Å²) in [6, 6.07) is 5.91. The second kappa shape index (κ2) is 9.42. The van der Waals surface area contributed by atoms with Crippen molar-refractivity contribution in [3.05, 3.63) is 52.1 Å². The number of ether oxygens (including phenoxy) is 3. The molecule has 0 saturated carbocycles. The third-order valence-corrected chi connectivity index (χ3v) is 5.88. The monoisotopic (exact) mass is 469 g/mol. The highest BCUT2D eigenvalue weighted by atomic mass is 16.6. The molecular weight excluding hydrogens is 442 g/mol. The molecule has 3 rings (SSSR count). The Bertz CT molecular complexity index is 1190. The van der Waals surface area contributed by atoms with Gasteiger partial charge in [0.25, 0.3) is 0 Å². The largest absolute Gasteiger partial charge is 0.478 e. The van der Waals surface area contributed by atoms with Crippen molar-refractivity contribution in [3.8, 4) is 17.2 Å². The Morgan fingerprint density at radius 2 is 1.82 bits per heavy atom. The number of guanidine groups is 1. The number of benzene rings is 2. The fourth-order valence-corrected chi connectivity index (χ4v) is 3.79. The summed E-state index contributed by atoms with van der Waals surface area (Å²) in [4.78, 5) is 36.7. The highest BCUT2D eigenvalue weighted by molar-refractivity contribution is 5.93. The summed E-state index contributed by atoms with van der Waals surface area (Å²) in [6.45, 7) is 6.74. The molecule has 1 atom stereocenters. The topological polar surface area (TPSA) is 161 Å². The number of carboxylic acid groups (broad SMARTS) is 1. The lowest BCUT2D eigenvalue weighted by molar-refractivity contribution is -0.152. The molecule has 0 radical (unpaired) electrons. The van der Waals surface area contributed by atoms with Crippen LogP contribution in [0.3, 0.4) is 0 Å². The zero-order valence-corrected chi connectivity index (χ0v) is 19.4. The summed E-state index contributed by atoms with van der Waals surface area (Å²) >= 11 is 0. The maximum Gasteiger partial charge on any atom is 0.355 e. The molecule has 1 aliphatic rings. The van der Waals surface area contributed by atoms with Gasteiger partial charge in [-0.2, -0.15) is 0 Å². The van der Waals surface area contributed by atoms with E-state index in [9.17, 15) is 19.5 Å². The summed E-state index contributed by atoms with van der Waals surface area (Å²) in [5.41, 5.74) is 6.63. The molecule has 0 amide bonds. The van der Waals surface area contributed by atoms with Crippen LogP contribution >= 0.6 is 0 Å². The average Bonchev–Trinajstić information content (AvgIpc) is 2.79. The minimum absolute atomic E-state index is 0.0545. The molecule has 0 spiro atoms. The molecule has 5 N–H and O–H groups in total. The number of hydrogen-bond acceptors (Lipinski definition) is 7. The van der Waals surface area contributed by atoms with Crippen molar-refractivity contribution in [1.29, 1.82) is 5.41 Å². The van der Waals surface area contributed by atoms with Gasteiger partial charge in [0.2, 0.25) is 5.60 Å². The molecule has 0 aromatic heterocycles. The number of hydrogen-bond donors (Lipinski definition) is 4. The van der Waals surface area contributed by atoms with Gasteiger partial charge in [0.15, 0.2) is 5.96 Å². The standard InChI is InChI=1S/C24H27N3O7/c1-12-13(2)20-15(14(3)19(12)33-18(28)11-27-23(25)26)9-10-24(4,34-20)22(31)32-17-8-6-5-7-16(17)21(29)30/h5-8H,9-11H2,1-4H3,(H,29,30)(H4,25,26,27). The second-order valence-electron chi connectivity index (χ2n) is 8.28. The number of para-hydroxylation sites is 1. The quantitative estimate of drug-likeness (QED) is 0.215. The summed E-state index contributed by atoms with van der Waals surface area (Å²) in [6.07, 6.45) is 0.724. The van der Waals surface area contributed by atoms with E-state index in [0.29, 0.717) is 34.6 Å². The number of carbonyl (C=O) groups excluding carboxylic acids is 2. The minimum atomic E-state index is -1.34. The third-order valence-electron chi connectivity index (χ3n) is 5.88. The van der Waals surface area contributed by atoms with Gasteiger partial charge in [0, 0.05) is 12.0 Å². The zero-order chi connectivity index (χ0) is 25.2. The van der Waals surface area contributed by atoms with Crippen molar-refractivity contribution >= 4 is 23.9 Å². The number of carboxylic acids is 1. The van der Waals surface area contributed by atoms with E-state index in [4.69, 9.17) is 25.4 Å². The van der Waals surface area contributed by atoms with Gasteiger partial charge in [-0.05, 0) is 62.9 Å². The molecule has 1 aliphatic heterocycles. The average molecular weight is 469 g/mol. The van der Waals surface area contributed by atoms with E-state index >= 15 is 0 Å². The number of rotatable bonds is 6. The first-order valence-electron chi connectivity index (χ1n) is 10.6. The van der Waals surface area contributed by atoms with E-state index < -0.39 is 23.5 Å². The van der Waals surface area contributed by atoms with Gasteiger partial charge < -0.3 is 30.4 Å². The molecule has 0 bridgehead atoms. The SMILES string of the molecule is Cc1c(C)c2c(c(C)c1OC(=O)CNC(=N)N)CCC(C)(C(=O)Oc1ccccc1C(=O)O)O2. The van der Waals surface area contributed by atoms with Crippen LogP contribution < -0.4 is 25.3 Å². The lowest BCUT2D eigenvalue weighted by Gasteiger charge is -2.36. The number of carbonyl (C=O) groups is 3. The van der Waals surface area contributed by atoms with Gasteiger partial charge in [-0.1, -0.05) is 12.1 Å². The summed E-state index contributed by atoms with van der Waals surface area (Å²) in [5.74, 6) is -1.98. The van der Waals surface area contributed by atoms with Crippen molar-refractivity contribution in [1.82, 2.24) is 5.32 Å². The molecule has 1 heterocycles. The first kappa shape index (κ1) is 24.6. The van der Waals surface area contributed by atoms with E-state index in [-0.39, 0.29) is 30.2 Å². The van der Waals surface area contributed by atoms with Crippen molar-refractivity contribution in [2.45, 2.75) is 46.1 Å². The molecular formula is C24H27N3O7. The highest BCUT2D eigenvalue weighted by Gasteiger charge is 2.43. The van der Waals surface area contributed by atoms with Gasteiger partial charge >= 0.3 is 17.9 Å². The van der Waals surface area contributed by atoms with Crippen molar-refractivity contribution < 1.29 is 33.7 Å². The van der Waals surface area contributed by atoms with Crippen LogP contribution in [0.1, 0.15) is 46.0 Å². The summed E-state index contributed by atoms with van der Waals surface area (Å²) in [5, 5.41) is 18.9. The lowest BCUT2D eigenvalue weighted by atomic mass is 9.87. The molecule has 34 heavy (non-hydrogen) atoms. The Labute approximate surface area is 196 Å². The van der Waals surface area contributed by atoms with Crippen LogP contribution in [-0.4, -0.2) is 41.1 Å². The molecule has 10 nitrogen and oxygen atoms in total. The predicted molar refractivity (Wildman–Crippen MR) is 123 cm³/mol. The van der Waals surface area contributed by atoms with Crippen LogP contribution in [0.2, 0.25) is 0 Å². The molecule has 0 saturated heterocycles. The number of fused-ring (bicyclic) bond motifs is 1. The van der Waals surface area contributed by atoms with Gasteiger partial charge in [-0.15, -0.1) is 0 Å². The van der Waals surface area contributed by atoms with E-state index in [1.807, 2.05) is 0 Å². The summed E-state index contributed by atoms with van der Waals surface area (Å²) < 4.78 is 17.1. The fourth-order valence-electron chi connectivity index (χ4n) is 3.79. The first-order valence-corrected chi connectivity index (χ1v) is 10.6. The van der Waals surface area contributed by atoms with Crippen molar-refractivity contribution in [2.24, 2.45) is 5.73 Å². The van der Waals surface area contributed by atoms with Gasteiger partial charge in [0.1, 0.15) is 29.4 Å². The number of esters is 2. The van der Waals surface area contributed by atoms with Crippen LogP contribution in [0.15, 0.2) is 24.3 Å². The molecule has 10 heteroatoms. The van der Waals surface area contributed by atoms with E-state index in [2.05, 4.69) is 5.32 Å². The Kier molecular flexibility index (Phi) is 6.80. The van der Waals surface area contributed by atoms with Crippen LogP contribution in [0, 0.1) is 26.2 Å². The Morgan fingerprint density at radius 1 is 1.15 bits per heavy atom. The second-order valence-corrected chi connectivity index (χ2v) is 8.28. The van der Waals surface area contributed by atoms with E-state index in [1.165, 1.54) is 12.1 Å². The highest BCUT2D eigenvalue weighted by Crippen LogP contribution is 2.44. The lowest BCUT2D eigenvalue weighted by Crippen LogP contribution is -2.47. The summed E-state index contributed by atoms with van der Waals surface area (Å²) in [7, 11) is 0. The van der Waals surface area contributed by atoms with Crippen LogP contribution in [0.5, 0.6) is 17.2 Å². The van der Waals surface area contributed by atoms with Crippen molar-refractivity contribution in [3.63, 3.8) is 0 Å². The maximum atomic E-state index is 13.1. The van der Waals surface area contributed by atoms with Crippen LogP contribution in [0.4, 0.5) is 0 Å².